The lowest BCUT2D eigenvalue weighted by molar-refractivity contribution is 0.571. The van der Waals surface area contributed by atoms with Crippen LogP contribution in [0.3, 0.4) is 0 Å². The Bertz CT molecular complexity index is 418. The molecule has 0 aliphatic heterocycles. The van der Waals surface area contributed by atoms with E-state index in [0.29, 0.717) is 17.7 Å². The Morgan fingerprint density at radius 1 is 1.06 bits per heavy atom. The molecule has 3 heteroatoms. The number of rotatable bonds is 4. The molecular weight excluding hydrogens is 287 g/mol. The van der Waals surface area contributed by atoms with E-state index in [-0.39, 0.29) is 0 Å². The number of benzene rings is 1. The van der Waals surface area contributed by atoms with E-state index >= 15 is 0 Å². The van der Waals surface area contributed by atoms with Crippen molar-refractivity contribution in [1.82, 2.24) is 0 Å². The van der Waals surface area contributed by atoms with Crippen molar-refractivity contribution < 1.29 is 0 Å². The Kier molecular flexibility index (Phi) is 4.77. The Hall–Kier alpha value is -0.430. The van der Waals surface area contributed by atoms with Crippen molar-refractivity contribution in [2.24, 2.45) is 5.92 Å². The molecule has 0 spiro atoms. The molecule has 2 rings (SSSR count). The van der Waals surface area contributed by atoms with Crippen LogP contribution in [0.4, 0.5) is 0 Å². The molecule has 0 radical (unpaired) electrons. The zero-order valence-corrected chi connectivity index (χ0v) is 12.2. The molecule has 0 saturated heterocycles. The normalized spacial score (nSPS) is 19.9. The summed E-state index contributed by atoms with van der Waals surface area (Å²) in [6.07, 6.45) is 8.76. The van der Waals surface area contributed by atoms with Crippen molar-refractivity contribution in [3.05, 3.63) is 60.2 Å². The number of hydrogen-bond donors (Lipinski definition) is 0. The zero-order chi connectivity index (χ0) is 13.0. The first-order valence-electron chi connectivity index (χ1n) is 6.00. The molecule has 1 aliphatic carbocycles. The van der Waals surface area contributed by atoms with Crippen molar-refractivity contribution in [3.63, 3.8) is 0 Å². The third-order valence-electron chi connectivity index (χ3n) is 3.19. The minimum Gasteiger partial charge on any atom is -0.127 e. The number of hydrogen-bond acceptors (Lipinski definition) is 0. The van der Waals surface area contributed by atoms with Crippen LogP contribution in [0.15, 0.2) is 54.6 Å². The molecule has 1 atom stereocenters. The van der Waals surface area contributed by atoms with Crippen LogP contribution in [0, 0.1) is 5.92 Å². The largest absolute Gasteiger partial charge is 0.154 e. The topological polar surface area (TPSA) is 0 Å². The third kappa shape index (κ3) is 3.54. The van der Waals surface area contributed by atoms with Gasteiger partial charge in [-0.3, -0.25) is 0 Å². The lowest BCUT2D eigenvalue weighted by atomic mass is 9.82. The van der Waals surface area contributed by atoms with Gasteiger partial charge in [0, 0.05) is 11.8 Å². The summed E-state index contributed by atoms with van der Waals surface area (Å²) < 4.78 is -0.862. The van der Waals surface area contributed by atoms with E-state index in [4.69, 9.17) is 34.8 Å². The van der Waals surface area contributed by atoms with Gasteiger partial charge in [0.05, 0.1) is 0 Å². The molecule has 0 nitrogen and oxygen atoms in total. The average Bonchev–Trinajstić information content (AvgIpc) is 2.38. The van der Waals surface area contributed by atoms with Crippen LogP contribution in [0.2, 0.25) is 0 Å². The van der Waals surface area contributed by atoms with Gasteiger partial charge in [-0.15, -0.1) is 11.6 Å². The van der Waals surface area contributed by atoms with Crippen LogP contribution >= 0.6 is 34.8 Å². The molecule has 0 heterocycles. The molecule has 0 aromatic heterocycles. The summed E-state index contributed by atoms with van der Waals surface area (Å²) in [4.78, 5) is 0. The van der Waals surface area contributed by atoms with Crippen LogP contribution < -0.4 is 0 Å². The molecule has 0 fully saturated rings. The lowest BCUT2D eigenvalue weighted by Crippen LogP contribution is -2.16. The molecule has 0 saturated carbocycles. The molecule has 0 bridgehead atoms. The predicted molar refractivity (Wildman–Crippen MR) is 80.7 cm³/mol. The van der Waals surface area contributed by atoms with Crippen LogP contribution in [0.25, 0.3) is 0 Å². The lowest BCUT2D eigenvalue weighted by Gasteiger charge is -2.26. The Labute approximate surface area is 123 Å². The second-order valence-electron chi connectivity index (χ2n) is 4.46. The highest BCUT2D eigenvalue weighted by Gasteiger charge is 2.25. The second-order valence-corrected chi connectivity index (χ2v) is 6.29. The summed E-state index contributed by atoms with van der Waals surface area (Å²) in [6, 6.07) is 10.4. The van der Waals surface area contributed by atoms with E-state index in [0.717, 1.165) is 6.42 Å². The van der Waals surface area contributed by atoms with E-state index in [1.165, 1.54) is 5.56 Å². The smallest absolute Gasteiger partial charge is 0.127 e. The molecule has 0 N–H and O–H groups in total. The van der Waals surface area contributed by atoms with Crippen LogP contribution in [-0.2, 0) is 0 Å². The zero-order valence-electron chi connectivity index (χ0n) is 9.90. The van der Waals surface area contributed by atoms with Crippen molar-refractivity contribution in [2.75, 3.05) is 5.88 Å². The standard InChI is InChI=1S/C15H15Cl3/c16-11-8-14(12-4-2-1-3-5-12)13-6-9-15(17,18)10-7-13/h1-7,9-10,13-14H,8,11H2. The van der Waals surface area contributed by atoms with Gasteiger partial charge in [0.15, 0.2) is 4.33 Å². The Morgan fingerprint density at radius 2 is 1.67 bits per heavy atom. The van der Waals surface area contributed by atoms with Gasteiger partial charge in [-0.25, -0.2) is 0 Å². The summed E-state index contributed by atoms with van der Waals surface area (Å²) in [5.74, 6) is 1.32. The first-order chi connectivity index (χ1) is 8.62. The van der Waals surface area contributed by atoms with Crippen LogP contribution in [0.5, 0.6) is 0 Å². The van der Waals surface area contributed by atoms with Crippen molar-refractivity contribution >= 4 is 34.8 Å². The number of alkyl halides is 3. The average molecular weight is 302 g/mol. The van der Waals surface area contributed by atoms with Gasteiger partial charge in [-0.05, 0) is 30.1 Å². The Balaban J connectivity index is 2.20. The summed E-state index contributed by atoms with van der Waals surface area (Å²) in [5.41, 5.74) is 1.30. The Morgan fingerprint density at radius 3 is 2.22 bits per heavy atom. The summed E-state index contributed by atoms with van der Waals surface area (Å²) in [7, 11) is 0. The fourth-order valence-electron chi connectivity index (χ4n) is 2.27. The van der Waals surface area contributed by atoms with E-state index in [9.17, 15) is 0 Å². The quantitative estimate of drug-likeness (QED) is 0.522. The van der Waals surface area contributed by atoms with E-state index in [1.54, 1.807) is 0 Å². The minimum atomic E-state index is -0.862. The highest BCUT2D eigenvalue weighted by atomic mass is 35.5. The van der Waals surface area contributed by atoms with Gasteiger partial charge in [0.2, 0.25) is 0 Å². The minimum absolute atomic E-state index is 0.303. The SMILES string of the molecule is ClCCC(c1ccccc1)C1C=CC(Cl)(Cl)C=C1. The molecule has 96 valence electrons. The number of halogens is 3. The molecule has 1 unspecified atom stereocenters. The van der Waals surface area contributed by atoms with Gasteiger partial charge in [0.25, 0.3) is 0 Å². The first-order valence-corrected chi connectivity index (χ1v) is 7.29. The first kappa shape index (κ1) is 14.0. The van der Waals surface area contributed by atoms with Crippen LogP contribution in [0.1, 0.15) is 17.9 Å². The van der Waals surface area contributed by atoms with Crippen LogP contribution in [-0.4, -0.2) is 10.2 Å². The summed E-state index contributed by atoms with van der Waals surface area (Å²) in [5, 5.41) is 0. The van der Waals surface area contributed by atoms with Gasteiger partial charge >= 0.3 is 0 Å². The summed E-state index contributed by atoms with van der Waals surface area (Å²) in [6.45, 7) is 0. The highest BCUT2D eigenvalue weighted by Crippen LogP contribution is 2.37. The van der Waals surface area contributed by atoms with Crippen molar-refractivity contribution in [3.8, 4) is 0 Å². The van der Waals surface area contributed by atoms with E-state index < -0.39 is 4.33 Å². The fraction of sp³-hybridized carbons (Fsp3) is 0.333. The molecule has 1 aliphatic rings. The fourth-order valence-corrected chi connectivity index (χ4v) is 2.79. The molecule has 1 aromatic rings. The van der Waals surface area contributed by atoms with E-state index in [2.05, 4.69) is 36.4 Å². The molecule has 18 heavy (non-hydrogen) atoms. The van der Waals surface area contributed by atoms with Gasteiger partial charge in [0.1, 0.15) is 0 Å². The molecule has 1 aromatic carbocycles. The van der Waals surface area contributed by atoms with Crippen molar-refractivity contribution in [2.45, 2.75) is 16.7 Å². The third-order valence-corrected chi connectivity index (χ3v) is 3.92. The van der Waals surface area contributed by atoms with Gasteiger partial charge in [-0.1, -0.05) is 65.7 Å². The van der Waals surface area contributed by atoms with Gasteiger partial charge < -0.3 is 0 Å². The summed E-state index contributed by atoms with van der Waals surface area (Å²) >= 11 is 18.0. The van der Waals surface area contributed by atoms with E-state index in [1.807, 2.05) is 18.2 Å². The van der Waals surface area contributed by atoms with Crippen molar-refractivity contribution in [1.29, 1.82) is 0 Å². The maximum Gasteiger partial charge on any atom is 0.154 e. The number of allylic oxidation sites excluding steroid dienone is 4. The van der Waals surface area contributed by atoms with Gasteiger partial charge in [-0.2, -0.15) is 0 Å². The molecular formula is C15H15Cl3. The monoisotopic (exact) mass is 300 g/mol. The maximum atomic E-state index is 6.03. The predicted octanol–water partition coefficient (Wildman–Crippen LogP) is 5.32. The maximum absolute atomic E-state index is 6.03. The molecule has 0 amide bonds. The highest BCUT2D eigenvalue weighted by molar-refractivity contribution is 6.51. The second kappa shape index (κ2) is 6.14.